The van der Waals surface area contributed by atoms with Crippen molar-refractivity contribution in [2.45, 2.75) is 19.3 Å². The van der Waals surface area contributed by atoms with E-state index in [2.05, 4.69) is 0 Å². The van der Waals surface area contributed by atoms with Crippen molar-refractivity contribution in [2.24, 2.45) is 11.3 Å². The first-order valence-electron chi connectivity index (χ1n) is 8.79. The first kappa shape index (κ1) is 21.2. The van der Waals surface area contributed by atoms with Crippen LogP contribution >= 0.6 is 23.2 Å². The second-order valence-corrected chi connectivity index (χ2v) is 8.29. The van der Waals surface area contributed by atoms with Gasteiger partial charge in [-0.2, -0.15) is 5.26 Å². The van der Waals surface area contributed by atoms with Crippen molar-refractivity contribution in [1.29, 1.82) is 5.26 Å². The molecule has 0 amide bonds. The number of nitrogens with zero attached hydrogens (tertiary/aromatic N) is 1. The Hall–Kier alpha value is -2.55. The van der Waals surface area contributed by atoms with Gasteiger partial charge in [-0.3, -0.25) is 4.79 Å². The average molecular weight is 434 g/mol. The first-order valence-corrected chi connectivity index (χ1v) is 9.54. The van der Waals surface area contributed by atoms with E-state index < -0.39 is 28.5 Å². The van der Waals surface area contributed by atoms with E-state index in [1.807, 2.05) is 19.9 Å². The standard InChI is InChI=1S/C22H18Cl2FNO3/c1-21(2)17(11-18(23)24)22(21,20(27)28-3)15-9-10-16(25)19(14(15)12-26)29-13-7-5-4-6-8-13/h4-11,17H,1-3H3. The highest BCUT2D eigenvalue weighted by Crippen LogP contribution is 2.71. The molecule has 29 heavy (non-hydrogen) atoms. The van der Waals surface area contributed by atoms with Gasteiger partial charge < -0.3 is 9.47 Å². The highest BCUT2D eigenvalue weighted by atomic mass is 35.5. The summed E-state index contributed by atoms with van der Waals surface area (Å²) in [5.41, 5.74) is -1.71. The number of hydrogen-bond acceptors (Lipinski definition) is 4. The summed E-state index contributed by atoms with van der Waals surface area (Å²) in [6.45, 7) is 3.67. The molecule has 0 aliphatic heterocycles. The predicted octanol–water partition coefficient (Wildman–Crippen LogP) is 5.88. The van der Waals surface area contributed by atoms with Gasteiger partial charge in [0.15, 0.2) is 11.6 Å². The number of esters is 1. The Morgan fingerprint density at radius 3 is 2.41 bits per heavy atom. The molecule has 2 aromatic rings. The fourth-order valence-electron chi connectivity index (χ4n) is 4.14. The Morgan fingerprint density at radius 2 is 1.86 bits per heavy atom. The van der Waals surface area contributed by atoms with E-state index in [9.17, 15) is 14.4 Å². The first-order chi connectivity index (χ1) is 13.7. The summed E-state index contributed by atoms with van der Waals surface area (Å²) >= 11 is 11.7. The Kier molecular flexibility index (Phi) is 5.62. The Balaban J connectivity index is 2.24. The summed E-state index contributed by atoms with van der Waals surface area (Å²) in [4.78, 5) is 12.9. The lowest BCUT2D eigenvalue weighted by Crippen LogP contribution is -2.29. The largest absolute Gasteiger partial charge is 0.468 e. The van der Waals surface area contributed by atoms with E-state index >= 15 is 0 Å². The molecular weight excluding hydrogens is 416 g/mol. The van der Waals surface area contributed by atoms with Gasteiger partial charge in [0.2, 0.25) is 0 Å². The lowest BCUT2D eigenvalue weighted by Gasteiger charge is -2.21. The van der Waals surface area contributed by atoms with E-state index in [0.717, 1.165) is 0 Å². The smallest absolute Gasteiger partial charge is 0.317 e. The maximum absolute atomic E-state index is 14.6. The number of methoxy groups -OCH3 is 1. The number of halogens is 3. The minimum atomic E-state index is -1.26. The van der Waals surface area contributed by atoms with Crippen molar-refractivity contribution in [1.82, 2.24) is 0 Å². The fourth-order valence-corrected chi connectivity index (χ4v) is 4.39. The van der Waals surface area contributed by atoms with Crippen LogP contribution in [0.5, 0.6) is 11.5 Å². The van der Waals surface area contributed by atoms with Crippen molar-refractivity contribution >= 4 is 29.2 Å². The molecule has 1 saturated carbocycles. The van der Waals surface area contributed by atoms with Gasteiger partial charge in [-0.15, -0.1) is 0 Å². The Morgan fingerprint density at radius 1 is 1.21 bits per heavy atom. The third-order valence-corrected chi connectivity index (χ3v) is 5.84. The summed E-state index contributed by atoms with van der Waals surface area (Å²) in [5.74, 6) is -1.61. The number of carbonyl (C=O) groups excluding carboxylic acids is 1. The van der Waals surface area contributed by atoms with E-state index in [0.29, 0.717) is 11.3 Å². The lowest BCUT2D eigenvalue weighted by atomic mass is 9.84. The van der Waals surface area contributed by atoms with E-state index in [-0.39, 0.29) is 15.8 Å². The van der Waals surface area contributed by atoms with Crippen LogP contribution in [0.4, 0.5) is 4.39 Å². The van der Waals surface area contributed by atoms with Crippen molar-refractivity contribution < 1.29 is 18.7 Å². The van der Waals surface area contributed by atoms with Crippen molar-refractivity contribution in [2.75, 3.05) is 7.11 Å². The second-order valence-electron chi connectivity index (χ2n) is 7.28. The van der Waals surface area contributed by atoms with Crippen molar-refractivity contribution in [3.8, 4) is 17.6 Å². The molecule has 0 saturated heterocycles. The normalized spacial score (nSPS) is 21.6. The van der Waals surface area contributed by atoms with Crippen LogP contribution in [0.3, 0.4) is 0 Å². The van der Waals surface area contributed by atoms with E-state index in [1.165, 1.54) is 19.2 Å². The van der Waals surface area contributed by atoms with Crippen LogP contribution in [0, 0.1) is 28.5 Å². The second kappa shape index (κ2) is 7.70. The van der Waals surface area contributed by atoms with Crippen LogP contribution in [0.1, 0.15) is 25.0 Å². The quantitative estimate of drug-likeness (QED) is 0.552. The minimum Gasteiger partial charge on any atom is -0.468 e. The molecule has 2 aromatic carbocycles. The number of rotatable bonds is 5. The van der Waals surface area contributed by atoms with Crippen LogP contribution in [0.25, 0.3) is 0 Å². The number of ether oxygens (including phenoxy) is 2. The molecule has 0 heterocycles. The van der Waals surface area contributed by atoms with Crippen molar-refractivity contribution in [3.05, 3.63) is 70.0 Å². The maximum atomic E-state index is 14.6. The van der Waals surface area contributed by atoms with Gasteiger partial charge >= 0.3 is 5.97 Å². The average Bonchev–Trinajstić information content (AvgIpc) is 3.17. The highest BCUT2D eigenvalue weighted by Gasteiger charge is 2.77. The number of benzene rings is 2. The molecule has 7 heteroatoms. The van der Waals surface area contributed by atoms with Crippen LogP contribution in [-0.4, -0.2) is 13.1 Å². The van der Waals surface area contributed by atoms with Gasteiger partial charge in [0.25, 0.3) is 0 Å². The summed E-state index contributed by atoms with van der Waals surface area (Å²) < 4.78 is 25.4. The number of nitriles is 1. The molecule has 2 unspecified atom stereocenters. The monoisotopic (exact) mass is 433 g/mol. The van der Waals surface area contributed by atoms with Gasteiger partial charge in [-0.1, -0.05) is 61.3 Å². The predicted molar refractivity (Wildman–Crippen MR) is 108 cm³/mol. The topological polar surface area (TPSA) is 59.3 Å². The molecule has 2 atom stereocenters. The molecule has 1 aliphatic rings. The van der Waals surface area contributed by atoms with Crippen LogP contribution in [0.15, 0.2) is 53.0 Å². The summed E-state index contributed by atoms with van der Waals surface area (Å²) in [5, 5.41) is 9.87. The third kappa shape index (κ3) is 3.27. The highest BCUT2D eigenvalue weighted by molar-refractivity contribution is 6.55. The molecule has 3 rings (SSSR count). The lowest BCUT2D eigenvalue weighted by molar-refractivity contribution is -0.145. The van der Waals surface area contributed by atoms with Gasteiger partial charge in [0, 0.05) is 5.92 Å². The molecule has 1 aliphatic carbocycles. The molecule has 1 fully saturated rings. The molecule has 150 valence electrons. The zero-order valence-electron chi connectivity index (χ0n) is 16.0. The molecule has 0 spiro atoms. The van der Waals surface area contributed by atoms with Crippen LogP contribution in [-0.2, 0) is 14.9 Å². The maximum Gasteiger partial charge on any atom is 0.317 e. The third-order valence-electron chi connectivity index (χ3n) is 5.59. The molecule has 4 nitrogen and oxygen atoms in total. The fraction of sp³-hybridized carbons (Fsp3) is 0.273. The Labute approximate surface area is 178 Å². The van der Waals surface area contributed by atoms with E-state index in [1.54, 1.807) is 36.4 Å². The number of hydrogen-bond donors (Lipinski definition) is 0. The van der Waals surface area contributed by atoms with Gasteiger partial charge in [0.05, 0.1) is 7.11 Å². The summed E-state index contributed by atoms with van der Waals surface area (Å²) in [6.07, 6.45) is 1.54. The number of carbonyl (C=O) groups is 1. The Bertz CT molecular complexity index is 1030. The van der Waals surface area contributed by atoms with Gasteiger partial charge in [-0.05, 0) is 35.3 Å². The molecular formula is C22H18Cl2FNO3. The van der Waals surface area contributed by atoms with Gasteiger partial charge in [-0.25, -0.2) is 4.39 Å². The zero-order chi connectivity index (χ0) is 21.4. The molecule has 0 bridgehead atoms. The molecule has 0 N–H and O–H groups in total. The number of para-hydroxylation sites is 1. The van der Waals surface area contributed by atoms with Crippen molar-refractivity contribution in [3.63, 3.8) is 0 Å². The zero-order valence-corrected chi connectivity index (χ0v) is 17.5. The number of allylic oxidation sites excluding steroid dienone is 1. The molecule has 0 aromatic heterocycles. The summed E-state index contributed by atoms with van der Waals surface area (Å²) in [7, 11) is 1.26. The SMILES string of the molecule is COC(=O)C1(c2ccc(F)c(Oc3ccccc3)c2C#N)C(C=C(Cl)Cl)C1(C)C. The van der Waals surface area contributed by atoms with E-state index in [4.69, 9.17) is 32.7 Å². The van der Waals surface area contributed by atoms with Crippen LogP contribution < -0.4 is 4.74 Å². The van der Waals surface area contributed by atoms with Gasteiger partial charge in [0.1, 0.15) is 27.3 Å². The summed E-state index contributed by atoms with van der Waals surface area (Å²) in [6, 6.07) is 13.1. The molecule has 0 radical (unpaired) electrons. The van der Waals surface area contributed by atoms with Crippen LogP contribution in [0.2, 0.25) is 0 Å². The minimum absolute atomic E-state index is 0.00442.